The van der Waals surface area contributed by atoms with Gasteiger partial charge in [-0.2, -0.15) is 0 Å². The number of benzene rings is 2. The van der Waals surface area contributed by atoms with Gasteiger partial charge in [0, 0.05) is 16.6 Å². The number of esters is 1. The SMILES string of the molecule is Cc1ccc(-c2nnc([C@H](C)OC(=O)c3cc(C)nc4ccccc34)o2)cc1. The predicted molar refractivity (Wildman–Crippen MR) is 105 cm³/mol. The van der Waals surface area contributed by atoms with Crippen LogP contribution in [-0.4, -0.2) is 21.2 Å². The van der Waals surface area contributed by atoms with E-state index in [2.05, 4.69) is 15.2 Å². The van der Waals surface area contributed by atoms with E-state index in [-0.39, 0.29) is 5.89 Å². The van der Waals surface area contributed by atoms with Gasteiger partial charge in [0.1, 0.15) is 0 Å². The average molecular weight is 373 g/mol. The Bertz CT molecular complexity index is 1150. The molecule has 4 aromatic rings. The van der Waals surface area contributed by atoms with Crippen LogP contribution in [0.15, 0.2) is 59.0 Å². The van der Waals surface area contributed by atoms with E-state index in [0.29, 0.717) is 11.5 Å². The van der Waals surface area contributed by atoms with Gasteiger partial charge in [-0.15, -0.1) is 10.2 Å². The molecule has 0 aliphatic carbocycles. The fourth-order valence-electron chi connectivity index (χ4n) is 2.96. The molecule has 4 rings (SSSR count). The third kappa shape index (κ3) is 3.49. The zero-order valence-electron chi connectivity index (χ0n) is 15.8. The summed E-state index contributed by atoms with van der Waals surface area (Å²) in [5.41, 5.74) is 3.93. The maximum absolute atomic E-state index is 12.8. The first kappa shape index (κ1) is 17.9. The van der Waals surface area contributed by atoms with Gasteiger partial charge in [0.15, 0.2) is 6.10 Å². The molecule has 2 aromatic carbocycles. The van der Waals surface area contributed by atoms with Gasteiger partial charge in [-0.1, -0.05) is 35.9 Å². The zero-order valence-corrected chi connectivity index (χ0v) is 15.8. The van der Waals surface area contributed by atoms with Crippen LogP contribution in [0.5, 0.6) is 0 Å². The first-order valence-electron chi connectivity index (χ1n) is 8.99. The fourth-order valence-corrected chi connectivity index (χ4v) is 2.96. The molecular weight excluding hydrogens is 354 g/mol. The zero-order chi connectivity index (χ0) is 19.7. The van der Waals surface area contributed by atoms with Gasteiger partial charge < -0.3 is 9.15 Å². The van der Waals surface area contributed by atoms with Crippen molar-refractivity contribution in [3.8, 4) is 11.5 Å². The molecule has 0 fully saturated rings. The summed E-state index contributed by atoms with van der Waals surface area (Å²) in [7, 11) is 0. The number of aryl methyl sites for hydroxylation is 2. The highest BCUT2D eigenvalue weighted by atomic mass is 16.6. The van der Waals surface area contributed by atoms with Crippen molar-refractivity contribution in [1.82, 2.24) is 15.2 Å². The number of aromatic nitrogens is 3. The van der Waals surface area contributed by atoms with Crippen LogP contribution in [0.4, 0.5) is 0 Å². The topological polar surface area (TPSA) is 78.1 Å². The van der Waals surface area contributed by atoms with Crippen LogP contribution in [0.3, 0.4) is 0 Å². The summed E-state index contributed by atoms with van der Waals surface area (Å²) >= 11 is 0. The molecule has 140 valence electrons. The fraction of sp³-hybridized carbons (Fsp3) is 0.182. The molecule has 0 spiro atoms. The van der Waals surface area contributed by atoms with Crippen molar-refractivity contribution in [3.05, 3.63) is 77.3 Å². The molecule has 0 bridgehead atoms. The molecule has 0 N–H and O–H groups in total. The highest BCUT2D eigenvalue weighted by Crippen LogP contribution is 2.25. The van der Waals surface area contributed by atoms with Gasteiger partial charge in [-0.25, -0.2) is 4.79 Å². The van der Waals surface area contributed by atoms with Crippen LogP contribution in [0.2, 0.25) is 0 Å². The lowest BCUT2D eigenvalue weighted by atomic mass is 10.1. The van der Waals surface area contributed by atoms with E-state index < -0.39 is 12.1 Å². The quantitative estimate of drug-likeness (QED) is 0.477. The standard InChI is InChI=1S/C22H19N3O3/c1-13-8-10-16(11-9-13)21-25-24-20(28-21)15(3)27-22(26)18-12-14(2)23-19-7-5-4-6-17(18)19/h4-12,15H,1-3H3/t15-/m0/s1. The number of hydrogen-bond acceptors (Lipinski definition) is 6. The lowest BCUT2D eigenvalue weighted by molar-refractivity contribution is 0.0282. The van der Waals surface area contributed by atoms with E-state index in [4.69, 9.17) is 9.15 Å². The van der Waals surface area contributed by atoms with E-state index in [9.17, 15) is 4.79 Å². The van der Waals surface area contributed by atoms with Gasteiger partial charge in [0.05, 0.1) is 11.1 Å². The molecule has 0 saturated carbocycles. The Morgan fingerprint density at radius 1 is 1.04 bits per heavy atom. The largest absolute Gasteiger partial charge is 0.449 e. The number of carbonyl (C=O) groups is 1. The molecule has 0 aliphatic heterocycles. The van der Waals surface area contributed by atoms with Crippen molar-refractivity contribution in [2.24, 2.45) is 0 Å². The minimum absolute atomic E-state index is 0.249. The van der Waals surface area contributed by atoms with Crippen LogP contribution in [-0.2, 0) is 4.74 Å². The second-order valence-electron chi connectivity index (χ2n) is 6.69. The number of nitrogens with zero attached hydrogens (tertiary/aromatic N) is 3. The molecule has 0 radical (unpaired) electrons. The Hall–Kier alpha value is -3.54. The first-order chi connectivity index (χ1) is 13.5. The summed E-state index contributed by atoms with van der Waals surface area (Å²) < 4.78 is 11.3. The number of fused-ring (bicyclic) bond motifs is 1. The second kappa shape index (κ2) is 7.23. The van der Waals surface area contributed by atoms with E-state index >= 15 is 0 Å². The molecule has 6 nitrogen and oxygen atoms in total. The van der Waals surface area contributed by atoms with Crippen molar-refractivity contribution < 1.29 is 13.9 Å². The summed E-state index contributed by atoms with van der Waals surface area (Å²) in [6.07, 6.45) is -0.675. The average Bonchev–Trinajstić information content (AvgIpc) is 3.18. The third-order valence-electron chi connectivity index (χ3n) is 4.43. The van der Waals surface area contributed by atoms with E-state index in [1.165, 1.54) is 0 Å². The highest BCUT2D eigenvalue weighted by Gasteiger charge is 2.21. The van der Waals surface area contributed by atoms with Gasteiger partial charge >= 0.3 is 5.97 Å². The molecule has 2 heterocycles. The van der Waals surface area contributed by atoms with Crippen LogP contribution in [0.25, 0.3) is 22.4 Å². The first-order valence-corrected chi connectivity index (χ1v) is 8.99. The van der Waals surface area contributed by atoms with Gasteiger partial charge in [-0.3, -0.25) is 4.98 Å². The molecule has 0 unspecified atom stereocenters. The number of pyridine rings is 1. The Kier molecular flexibility index (Phi) is 4.61. The van der Waals surface area contributed by atoms with Crippen molar-refractivity contribution >= 4 is 16.9 Å². The molecule has 0 aliphatic rings. The molecule has 0 saturated heterocycles. The maximum Gasteiger partial charge on any atom is 0.339 e. The molecule has 6 heteroatoms. The Morgan fingerprint density at radius 3 is 2.57 bits per heavy atom. The minimum atomic E-state index is -0.675. The lowest BCUT2D eigenvalue weighted by Crippen LogP contribution is -2.11. The van der Waals surface area contributed by atoms with Crippen molar-refractivity contribution in [2.45, 2.75) is 26.9 Å². The third-order valence-corrected chi connectivity index (χ3v) is 4.43. The number of carbonyl (C=O) groups excluding carboxylic acids is 1. The van der Waals surface area contributed by atoms with Gasteiger partial charge in [-0.05, 0) is 45.0 Å². The Labute approximate surface area is 162 Å². The summed E-state index contributed by atoms with van der Waals surface area (Å²) in [5.74, 6) is 0.186. The number of hydrogen-bond donors (Lipinski definition) is 0. The molecule has 2 aromatic heterocycles. The van der Waals surface area contributed by atoms with E-state index in [1.54, 1.807) is 13.0 Å². The summed E-state index contributed by atoms with van der Waals surface area (Å²) in [6.45, 7) is 5.56. The highest BCUT2D eigenvalue weighted by molar-refractivity contribution is 6.03. The van der Waals surface area contributed by atoms with Gasteiger partial charge in [0.2, 0.25) is 5.89 Å². The molecule has 28 heavy (non-hydrogen) atoms. The monoisotopic (exact) mass is 373 g/mol. The van der Waals surface area contributed by atoms with Gasteiger partial charge in [0.25, 0.3) is 5.89 Å². The smallest absolute Gasteiger partial charge is 0.339 e. The summed E-state index contributed by atoms with van der Waals surface area (Å²) in [4.78, 5) is 17.2. The number of para-hydroxylation sites is 1. The van der Waals surface area contributed by atoms with Crippen molar-refractivity contribution in [2.75, 3.05) is 0 Å². The number of rotatable bonds is 4. The minimum Gasteiger partial charge on any atom is -0.449 e. The predicted octanol–water partition coefficient (Wildman–Crippen LogP) is 4.82. The van der Waals surface area contributed by atoms with E-state index in [1.807, 2.05) is 62.4 Å². The van der Waals surface area contributed by atoms with Crippen LogP contribution < -0.4 is 0 Å². The Morgan fingerprint density at radius 2 is 1.79 bits per heavy atom. The van der Waals surface area contributed by atoms with Crippen molar-refractivity contribution in [1.29, 1.82) is 0 Å². The van der Waals surface area contributed by atoms with Crippen LogP contribution >= 0.6 is 0 Å². The maximum atomic E-state index is 12.8. The van der Waals surface area contributed by atoms with Crippen LogP contribution in [0.1, 0.15) is 40.5 Å². The summed E-state index contributed by atoms with van der Waals surface area (Å²) in [6, 6.07) is 17.0. The van der Waals surface area contributed by atoms with E-state index in [0.717, 1.165) is 27.7 Å². The molecular formula is C22H19N3O3. The second-order valence-corrected chi connectivity index (χ2v) is 6.69. The van der Waals surface area contributed by atoms with Crippen molar-refractivity contribution in [3.63, 3.8) is 0 Å². The normalized spacial score (nSPS) is 12.1. The molecule has 0 amide bonds. The summed E-state index contributed by atoms with van der Waals surface area (Å²) in [5, 5.41) is 8.85. The lowest BCUT2D eigenvalue weighted by Gasteiger charge is -2.11. The van der Waals surface area contributed by atoms with Crippen LogP contribution in [0, 0.1) is 13.8 Å². The molecule has 1 atom stereocenters. The number of ether oxygens (including phenoxy) is 1. The Balaban J connectivity index is 1.57.